The molecule has 2 heterocycles. The van der Waals surface area contributed by atoms with Crippen LogP contribution in [0.4, 0.5) is 0 Å². The molecule has 0 spiro atoms. The summed E-state index contributed by atoms with van der Waals surface area (Å²) >= 11 is 0. The molecule has 1 aliphatic carbocycles. The number of hydrogen-bond acceptors (Lipinski definition) is 3. The van der Waals surface area contributed by atoms with Crippen molar-refractivity contribution in [3.63, 3.8) is 0 Å². The van der Waals surface area contributed by atoms with E-state index in [9.17, 15) is 4.79 Å². The molecule has 5 heteroatoms. The summed E-state index contributed by atoms with van der Waals surface area (Å²) in [6.45, 7) is 5.08. The van der Waals surface area contributed by atoms with Crippen LogP contribution in [0.15, 0.2) is 36.5 Å². The summed E-state index contributed by atoms with van der Waals surface area (Å²) in [7, 11) is 1.64. The minimum absolute atomic E-state index is 0.0227. The van der Waals surface area contributed by atoms with Gasteiger partial charge in [0.25, 0.3) is 5.91 Å². The van der Waals surface area contributed by atoms with Gasteiger partial charge in [0.2, 0.25) is 0 Å². The van der Waals surface area contributed by atoms with Crippen LogP contribution in [0.5, 0.6) is 5.75 Å². The molecule has 5 nitrogen and oxygen atoms in total. The molecule has 5 rings (SSSR count). The van der Waals surface area contributed by atoms with Crippen LogP contribution in [-0.2, 0) is 19.4 Å². The number of aryl methyl sites for hydroxylation is 4. The van der Waals surface area contributed by atoms with Gasteiger partial charge in [-0.25, -0.2) is 4.98 Å². The highest BCUT2D eigenvalue weighted by atomic mass is 16.5. The molecule has 0 unspecified atom stereocenters. The summed E-state index contributed by atoms with van der Waals surface area (Å²) < 4.78 is 7.70. The fraction of sp³-hybridized carbons (Fsp3) is 0.360. The second-order valence-corrected chi connectivity index (χ2v) is 8.44. The number of fused-ring (bicyclic) bond motifs is 2. The molecule has 2 aromatic carbocycles. The van der Waals surface area contributed by atoms with E-state index in [1.807, 2.05) is 26.0 Å². The van der Waals surface area contributed by atoms with Crippen LogP contribution in [0.25, 0.3) is 11.3 Å². The quantitative estimate of drug-likeness (QED) is 0.698. The van der Waals surface area contributed by atoms with Crippen molar-refractivity contribution in [2.75, 3.05) is 7.11 Å². The molecule has 2 aliphatic rings. The molecule has 1 amide bonds. The van der Waals surface area contributed by atoms with Gasteiger partial charge in [-0.2, -0.15) is 0 Å². The number of benzene rings is 2. The Morgan fingerprint density at radius 1 is 1.20 bits per heavy atom. The van der Waals surface area contributed by atoms with Gasteiger partial charge in [-0.3, -0.25) is 4.79 Å². The van der Waals surface area contributed by atoms with E-state index in [2.05, 4.69) is 34.3 Å². The maximum Gasteiger partial charge on any atom is 0.251 e. The molecule has 0 bridgehead atoms. The van der Waals surface area contributed by atoms with Gasteiger partial charge in [-0.05, 0) is 73.6 Å². The van der Waals surface area contributed by atoms with Crippen molar-refractivity contribution in [1.29, 1.82) is 0 Å². The largest absolute Gasteiger partial charge is 0.496 e. The number of nitrogens with one attached hydrogen (secondary N) is 1. The van der Waals surface area contributed by atoms with E-state index in [4.69, 9.17) is 9.72 Å². The molecule has 0 saturated carbocycles. The lowest BCUT2D eigenvalue weighted by Gasteiger charge is -2.16. The number of imidazole rings is 1. The average Bonchev–Trinajstić information content (AvgIpc) is 3.44. The normalized spacial score (nSPS) is 17.0. The molecular weight excluding hydrogens is 374 g/mol. The monoisotopic (exact) mass is 401 g/mol. The summed E-state index contributed by atoms with van der Waals surface area (Å²) in [5, 5.41) is 3.25. The minimum Gasteiger partial charge on any atom is -0.496 e. The Kier molecular flexibility index (Phi) is 4.61. The highest BCUT2D eigenvalue weighted by Crippen LogP contribution is 2.35. The van der Waals surface area contributed by atoms with E-state index in [0.29, 0.717) is 5.56 Å². The molecule has 154 valence electrons. The molecule has 0 saturated heterocycles. The van der Waals surface area contributed by atoms with Gasteiger partial charge < -0.3 is 14.6 Å². The molecular formula is C25H27N3O2. The van der Waals surface area contributed by atoms with Gasteiger partial charge >= 0.3 is 0 Å². The lowest BCUT2D eigenvalue weighted by Crippen LogP contribution is -2.27. The predicted octanol–water partition coefficient (Wildman–Crippen LogP) is 4.54. The van der Waals surface area contributed by atoms with Crippen molar-refractivity contribution in [1.82, 2.24) is 14.9 Å². The highest BCUT2D eigenvalue weighted by molar-refractivity contribution is 5.95. The Morgan fingerprint density at radius 2 is 2.07 bits per heavy atom. The van der Waals surface area contributed by atoms with Gasteiger partial charge in [0.05, 0.1) is 18.8 Å². The van der Waals surface area contributed by atoms with Crippen molar-refractivity contribution in [2.45, 2.75) is 52.1 Å². The zero-order valence-electron chi connectivity index (χ0n) is 17.8. The SMILES string of the molecule is COc1cc(C(=O)N[C@@H]2CCc3ccc(-c4cn5c(n4)CCC5)cc32)cc(C)c1C. The Bertz CT molecular complexity index is 1120. The van der Waals surface area contributed by atoms with Crippen LogP contribution in [0.1, 0.15) is 57.3 Å². The molecule has 1 N–H and O–H groups in total. The van der Waals surface area contributed by atoms with Crippen LogP contribution in [0, 0.1) is 13.8 Å². The maximum absolute atomic E-state index is 13.0. The third kappa shape index (κ3) is 3.18. The second-order valence-electron chi connectivity index (χ2n) is 8.44. The van der Waals surface area contributed by atoms with Crippen LogP contribution in [0.2, 0.25) is 0 Å². The first-order valence-electron chi connectivity index (χ1n) is 10.7. The molecule has 30 heavy (non-hydrogen) atoms. The standard InChI is InChI=1S/C25H27N3O2/c1-15-11-19(13-23(30-3)16(15)2)25(29)27-21-9-8-17-6-7-18(12-20(17)21)22-14-28-10-4-5-24(28)26-22/h6-7,11-14,21H,4-5,8-10H2,1-3H3,(H,27,29)/t21-/m1/s1. The van der Waals surface area contributed by atoms with Crippen LogP contribution >= 0.6 is 0 Å². The van der Waals surface area contributed by atoms with E-state index >= 15 is 0 Å². The summed E-state index contributed by atoms with van der Waals surface area (Å²) in [6, 6.07) is 10.4. The molecule has 1 atom stereocenters. The number of carbonyl (C=O) groups excluding carboxylic acids is 1. The first-order chi connectivity index (χ1) is 14.5. The molecule has 1 aliphatic heterocycles. The van der Waals surface area contributed by atoms with Crippen LogP contribution < -0.4 is 10.1 Å². The van der Waals surface area contributed by atoms with E-state index in [1.54, 1.807) is 7.11 Å². The number of ether oxygens (including phenoxy) is 1. The zero-order chi connectivity index (χ0) is 20.8. The molecule has 3 aromatic rings. The molecule has 0 radical (unpaired) electrons. The first-order valence-corrected chi connectivity index (χ1v) is 10.7. The van der Waals surface area contributed by atoms with E-state index in [-0.39, 0.29) is 11.9 Å². The lowest BCUT2D eigenvalue weighted by molar-refractivity contribution is 0.0936. The zero-order valence-corrected chi connectivity index (χ0v) is 17.8. The summed E-state index contributed by atoms with van der Waals surface area (Å²) in [4.78, 5) is 17.8. The third-order valence-corrected chi connectivity index (χ3v) is 6.59. The number of carbonyl (C=O) groups is 1. The Hall–Kier alpha value is -3.08. The number of aromatic nitrogens is 2. The summed E-state index contributed by atoms with van der Waals surface area (Å²) in [5.41, 5.74) is 7.45. The smallest absolute Gasteiger partial charge is 0.251 e. The van der Waals surface area contributed by atoms with E-state index < -0.39 is 0 Å². The van der Waals surface area contributed by atoms with Gasteiger partial charge in [0, 0.05) is 30.3 Å². The lowest BCUT2D eigenvalue weighted by atomic mass is 10.0. The maximum atomic E-state index is 13.0. The highest BCUT2D eigenvalue weighted by Gasteiger charge is 2.26. The number of methoxy groups -OCH3 is 1. The molecule has 1 aromatic heterocycles. The Labute approximate surface area is 177 Å². The van der Waals surface area contributed by atoms with Crippen molar-refractivity contribution in [3.05, 3.63) is 70.2 Å². The number of hydrogen-bond donors (Lipinski definition) is 1. The van der Waals surface area contributed by atoms with E-state index in [1.165, 1.54) is 23.4 Å². The van der Waals surface area contributed by atoms with Crippen molar-refractivity contribution < 1.29 is 9.53 Å². The second kappa shape index (κ2) is 7.31. The van der Waals surface area contributed by atoms with E-state index in [0.717, 1.165) is 53.9 Å². The van der Waals surface area contributed by atoms with Crippen molar-refractivity contribution >= 4 is 5.91 Å². The van der Waals surface area contributed by atoms with Gasteiger partial charge in [0.15, 0.2) is 0 Å². The first kappa shape index (κ1) is 18.9. The number of amides is 1. The van der Waals surface area contributed by atoms with Gasteiger partial charge in [-0.1, -0.05) is 12.1 Å². The summed E-state index contributed by atoms with van der Waals surface area (Å²) in [5.74, 6) is 1.88. The topological polar surface area (TPSA) is 56.1 Å². The fourth-order valence-corrected chi connectivity index (χ4v) is 4.72. The Morgan fingerprint density at radius 3 is 2.87 bits per heavy atom. The Balaban J connectivity index is 1.40. The summed E-state index contributed by atoms with van der Waals surface area (Å²) in [6.07, 6.45) is 6.31. The predicted molar refractivity (Wildman–Crippen MR) is 117 cm³/mol. The molecule has 0 fully saturated rings. The fourth-order valence-electron chi connectivity index (χ4n) is 4.72. The minimum atomic E-state index is -0.0550. The van der Waals surface area contributed by atoms with Crippen LogP contribution in [-0.4, -0.2) is 22.6 Å². The van der Waals surface area contributed by atoms with Crippen molar-refractivity contribution in [2.24, 2.45) is 0 Å². The van der Waals surface area contributed by atoms with Crippen molar-refractivity contribution in [3.8, 4) is 17.0 Å². The third-order valence-electron chi connectivity index (χ3n) is 6.59. The van der Waals surface area contributed by atoms with Gasteiger partial charge in [0.1, 0.15) is 11.6 Å². The van der Waals surface area contributed by atoms with Crippen LogP contribution in [0.3, 0.4) is 0 Å². The number of rotatable bonds is 4. The number of nitrogens with zero attached hydrogens (tertiary/aromatic N) is 2. The average molecular weight is 402 g/mol. The van der Waals surface area contributed by atoms with Gasteiger partial charge in [-0.15, -0.1) is 0 Å².